The molecule has 1 fully saturated rings. The lowest BCUT2D eigenvalue weighted by Gasteiger charge is -2.40. The fraction of sp³-hybridized carbons (Fsp3) is 0.280. The van der Waals surface area contributed by atoms with Gasteiger partial charge in [-0.1, -0.05) is 36.4 Å². The van der Waals surface area contributed by atoms with Crippen LogP contribution in [0.4, 0.5) is 5.69 Å². The van der Waals surface area contributed by atoms with Gasteiger partial charge in [-0.2, -0.15) is 0 Å². The van der Waals surface area contributed by atoms with E-state index in [0.717, 1.165) is 34.3 Å². The summed E-state index contributed by atoms with van der Waals surface area (Å²) >= 11 is 0. The van der Waals surface area contributed by atoms with Crippen LogP contribution < -0.4 is 9.64 Å². The molecule has 7 heteroatoms. The number of anilines is 1. The van der Waals surface area contributed by atoms with Crippen molar-refractivity contribution in [3.63, 3.8) is 0 Å². The summed E-state index contributed by atoms with van der Waals surface area (Å²) < 4.78 is 18.5. The van der Waals surface area contributed by atoms with Crippen LogP contribution in [0.25, 0.3) is 10.8 Å². The van der Waals surface area contributed by atoms with Crippen molar-refractivity contribution in [2.75, 3.05) is 11.5 Å². The molecule has 0 amide bonds. The van der Waals surface area contributed by atoms with Crippen LogP contribution in [0.5, 0.6) is 5.75 Å². The van der Waals surface area contributed by atoms with E-state index in [9.17, 15) is 14.7 Å². The van der Waals surface area contributed by atoms with Crippen LogP contribution in [-0.2, 0) is 37.9 Å². The zero-order chi connectivity index (χ0) is 21.9. The Balaban J connectivity index is 1.54. The van der Waals surface area contributed by atoms with Crippen LogP contribution in [0.1, 0.15) is 29.5 Å². The van der Waals surface area contributed by atoms with Gasteiger partial charge in [0.05, 0.1) is 6.61 Å². The molecule has 3 aromatic rings. The Morgan fingerprint density at radius 1 is 1.09 bits per heavy atom. The van der Waals surface area contributed by atoms with Gasteiger partial charge in [0.15, 0.2) is 0 Å². The molecule has 0 radical (unpaired) electrons. The molecule has 3 aromatic carbocycles. The summed E-state index contributed by atoms with van der Waals surface area (Å²) in [5, 5.41) is 11.3. The predicted octanol–water partition coefficient (Wildman–Crippen LogP) is 3.71. The van der Waals surface area contributed by atoms with Gasteiger partial charge in [0.25, 0.3) is 5.79 Å². The number of aliphatic carboxylic acids is 1. The van der Waals surface area contributed by atoms with E-state index in [1.807, 2.05) is 30.3 Å². The number of benzene rings is 3. The summed E-state index contributed by atoms with van der Waals surface area (Å²) in [7, 11) is 0. The SMILES string of the molecule is O=C(O)CC(=O)C12OCCC(Oc3c4c(cc5ccccc35)CN(C4)c3ccc1cc3)O2. The lowest BCUT2D eigenvalue weighted by molar-refractivity contribution is -0.318. The van der Waals surface area contributed by atoms with Crippen LogP contribution in [0, 0.1) is 0 Å². The highest BCUT2D eigenvalue weighted by Gasteiger charge is 2.49. The van der Waals surface area contributed by atoms with E-state index in [4.69, 9.17) is 14.2 Å². The first kappa shape index (κ1) is 19.3. The number of carbonyl (C=O) groups is 2. The number of hydrogen-bond acceptors (Lipinski definition) is 6. The van der Waals surface area contributed by atoms with E-state index in [1.54, 1.807) is 12.1 Å². The Kier molecular flexibility index (Phi) is 4.25. The van der Waals surface area contributed by atoms with Gasteiger partial charge in [-0.15, -0.1) is 0 Å². The topological polar surface area (TPSA) is 85.3 Å². The third-order valence-corrected chi connectivity index (χ3v) is 6.40. The standard InChI is InChI=1S/C25H21NO6/c27-21(12-22(28)29)25-17-5-7-18(8-6-17)26-13-16-11-15-3-1-2-4-19(15)24(20(16)14-26)31-23(32-25)9-10-30-25/h1-8,11,23H,9-10,12-14H2,(H,28,29). The summed E-state index contributed by atoms with van der Waals surface area (Å²) in [6, 6.07) is 17.7. The van der Waals surface area contributed by atoms with Gasteiger partial charge >= 0.3 is 5.97 Å². The molecular weight excluding hydrogens is 410 g/mol. The number of ketones is 1. The minimum Gasteiger partial charge on any atom is -0.481 e. The van der Waals surface area contributed by atoms with E-state index < -0.39 is 30.3 Å². The lowest BCUT2D eigenvalue weighted by Crippen LogP contribution is -2.50. The molecule has 32 heavy (non-hydrogen) atoms. The zero-order valence-electron chi connectivity index (χ0n) is 17.2. The molecule has 6 bridgehead atoms. The molecule has 0 aromatic heterocycles. The van der Waals surface area contributed by atoms with Gasteiger partial charge in [0.1, 0.15) is 12.2 Å². The maximum absolute atomic E-state index is 13.1. The van der Waals surface area contributed by atoms with Gasteiger partial charge in [0, 0.05) is 41.7 Å². The maximum Gasteiger partial charge on any atom is 0.311 e. The normalized spacial score (nSPS) is 23.4. The van der Waals surface area contributed by atoms with Crippen molar-refractivity contribution in [3.8, 4) is 5.75 Å². The van der Waals surface area contributed by atoms with Crippen LogP contribution in [0.15, 0.2) is 54.6 Å². The maximum atomic E-state index is 13.1. The molecule has 4 aliphatic rings. The molecule has 1 N–H and O–H groups in total. The second-order valence-electron chi connectivity index (χ2n) is 8.38. The second kappa shape index (κ2) is 7.05. The molecule has 0 aliphatic carbocycles. The summed E-state index contributed by atoms with van der Waals surface area (Å²) in [4.78, 5) is 26.7. The molecular formula is C25H21NO6. The number of nitrogens with zero attached hydrogens (tertiary/aromatic N) is 1. The molecule has 162 valence electrons. The average Bonchev–Trinajstić information content (AvgIpc) is 3.22. The summed E-state index contributed by atoms with van der Waals surface area (Å²) in [5.41, 5.74) is 3.76. The Bertz CT molecular complexity index is 1250. The highest BCUT2D eigenvalue weighted by molar-refractivity contribution is 5.99. The van der Waals surface area contributed by atoms with E-state index in [0.29, 0.717) is 18.5 Å². The molecule has 0 spiro atoms. The second-order valence-corrected chi connectivity index (χ2v) is 8.38. The number of Topliss-reactive ketones (excluding diaryl/α,β-unsaturated/α-hetero) is 1. The highest BCUT2D eigenvalue weighted by Crippen LogP contribution is 2.43. The average molecular weight is 431 g/mol. The van der Waals surface area contributed by atoms with Gasteiger partial charge in [-0.05, 0) is 29.1 Å². The van der Waals surface area contributed by atoms with E-state index in [-0.39, 0.29) is 6.61 Å². The minimum atomic E-state index is -1.81. The first-order chi connectivity index (χ1) is 15.5. The van der Waals surface area contributed by atoms with Gasteiger partial charge < -0.3 is 19.5 Å². The highest BCUT2D eigenvalue weighted by atomic mass is 16.8. The summed E-state index contributed by atoms with van der Waals surface area (Å²) in [6.07, 6.45) is -1.05. The number of rotatable bonds is 3. The Hall–Kier alpha value is -3.42. The fourth-order valence-electron chi connectivity index (χ4n) is 4.89. The van der Waals surface area contributed by atoms with E-state index in [2.05, 4.69) is 17.0 Å². The Morgan fingerprint density at radius 2 is 1.91 bits per heavy atom. The Morgan fingerprint density at radius 3 is 2.72 bits per heavy atom. The quantitative estimate of drug-likeness (QED) is 0.633. The van der Waals surface area contributed by atoms with Crippen molar-refractivity contribution in [2.24, 2.45) is 0 Å². The van der Waals surface area contributed by atoms with Crippen molar-refractivity contribution in [2.45, 2.75) is 38.0 Å². The number of carboxylic acid groups (broad SMARTS) is 1. The monoisotopic (exact) mass is 431 g/mol. The minimum absolute atomic E-state index is 0.205. The largest absolute Gasteiger partial charge is 0.481 e. The third kappa shape index (κ3) is 2.89. The third-order valence-electron chi connectivity index (χ3n) is 6.40. The molecule has 2 atom stereocenters. The molecule has 0 saturated carbocycles. The predicted molar refractivity (Wildman–Crippen MR) is 115 cm³/mol. The number of hydrogen-bond donors (Lipinski definition) is 1. The van der Waals surface area contributed by atoms with Crippen molar-refractivity contribution >= 4 is 28.2 Å². The number of ether oxygens (including phenoxy) is 3. The van der Waals surface area contributed by atoms with Crippen molar-refractivity contribution in [3.05, 3.63) is 71.3 Å². The summed E-state index contributed by atoms with van der Waals surface area (Å²) in [6.45, 7) is 1.67. The fourth-order valence-corrected chi connectivity index (χ4v) is 4.89. The molecule has 2 unspecified atom stereocenters. The van der Waals surface area contributed by atoms with Crippen LogP contribution >= 0.6 is 0 Å². The van der Waals surface area contributed by atoms with Gasteiger partial charge in [-0.25, -0.2) is 0 Å². The Labute approximate surface area is 184 Å². The molecule has 4 heterocycles. The van der Waals surface area contributed by atoms with Crippen molar-refractivity contribution in [1.82, 2.24) is 0 Å². The smallest absolute Gasteiger partial charge is 0.311 e. The number of fused-ring (bicyclic) bond motifs is 3. The number of carbonyl (C=O) groups excluding carboxylic acids is 1. The van der Waals surface area contributed by atoms with E-state index >= 15 is 0 Å². The molecule has 7 rings (SSSR count). The van der Waals surface area contributed by atoms with Crippen molar-refractivity contribution in [1.29, 1.82) is 0 Å². The first-order valence-electron chi connectivity index (χ1n) is 10.7. The molecule has 1 saturated heterocycles. The lowest BCUT2D eigenvalue weighted by atomic mass is 9.97. The molecule has 4 aliphatic heterocycles. The van der Waals surface area contributed by atoms with Crippen molar-refractivity contribution < 1.29 is 28.9 Å². The molecule has 7 nitrogen and oxygen atoms in total. The van der Waals surface area contributed by atoms with E-state index in [1.165, 1.54) is 5.56 Å². The summed E-state index contributed by atoms with van der Waals surface area (Å²) in [5.74, 6) is -2.95. The van der Waals surface area contributed by atoms with Gasteiger partial charge in [0.2, 0.25) is 12.1 Å². The zero-order valence-corrected chi connectivity index (χ0v) is 17.2. The van der Waals surface area contributed by atoms with Gasteiger partial charge in [-0.3, -0.25) is 14.3 Å². The van der Waals surface area contributed by atoms with Crippen LogP contribution in [0.2, 0.25) is 0 Å². The van der Waals surface area contributed by atoms with Crippen LogP contribution in [0.3, 0.4) is 0 Å². The first-order valence-corrected chi connectivity index (χ1v) is 10.7. The number of carboxylic acids is 1. The van der Waals surface area contributed by atoms with Crippen LogP contribution in [-0.4, -0.2) is 29.8 Å².